The van der Waals surface area contributed by atoms with Gasteiger partial charge < -0.3 is 9.64 Å². The van der Waals surface area contributed by atoms with Crippen molar-refractivity contribution in [3.8, 4) is 0 Å². The topological polar surface area (TPSA) is 61.8 Å². The Morgan fingerprint density at radius 1 is 1.09 bits per heavy atom. The molecular formula is C25H31F2N5O2. The number of benzene rings is 1. The molecule has 9 heteroatoms. The van der Waals surface area contributed by atoms with Crippen LogP contribution < -0.4 is 4.90 Å². The highest BCUT2D eigenvalue weighted by Gasteiger charge is 2.54. The van der Waals surface area contributed by atoms with Gasteiger partial charge in [-0.15, -0.1) is 0 Å². The average Bonchev–Trinajstić information content (AvgIpc) is 2.76. The van der Waals surface area contributed by atoms with Crippen molar-refractivity contribution in [3.05, 3.63) is 53.9 Å². The zero-order chi connectivity index (χ0) is 23.9. The number of likely N-dealkylation sites (tertiary alicyclic amines) is 1. The quantitative estimate of drug-likeness (QED) is 0.654. The van der Waals surface area contributed by atoms with Crippen molar-refractivity contribution in [1.82, 2.24) is 19.8 Å². The number of rotatable bonds is 5. The molecule has 1 aromatic carbocycles. The lowest BCUT2D eigenvalue weighted by molar-refractivity contribution is -0.137. The molecule has 1 amide bonds. The molecule has 0 unspecified atom stereocenters. The first-order chi connectivity index (χ1) is 16.3. The van der Waals surface area contributed by atoms with Gasteiger partial charge in [-0.25, -0.2) is 23.5 Å². The second-order valence-corrected chi connectivity index (χ2v) is 10.2. The molecule has 2 saturated heterocycles. The summed E-state index contributed by atoms with van der Waals surface area (Å²) in [4.78, 5) is 27.3. The molecule has 0 bridgehead atoms. The van der Waals surface area contributed by atoms with Gasteiger partial charge in [-0.05, 0) is 32.3 Å². The van der Waals surface area contributed by atoms with Gasteiger partial charge in [-0.3, -0.25) is 9.80 Å². The van der Waals surface area contributed by atoms with Crippen molar-refractivity contribution in [2.24, 2.45) is 5.41 Å². The van der Waals surface area contributed by atoms with Crippen LogP contribution in [0, 0.1) is 5.41 Å². The third-order valence-electron chi connectivity index (χ3n) is 7.28. The molecule has 1 aliphatic carbocycles. The van der Waals surface area contributed by atoms with E-state index in [1.807, 2.05) is 24.8 Å². The summed E-state index contributed by atoms with van der Waals surface area (Å²) in [7, 11) is 0. The highest BCUT2D eigenvalue weighted by atomic mass is 19.3. The molecule has 1 spiro atoms. The highest BCUT2D eigenvalue weighted by Crippen LogP contribution is 2.50. The lowest BCUT2D eigenvalue weighted by Gasteiger charge is -2.58. The molecule has 1 aromatic heterocycles. The van der Waals surface area contributed by atoms with E-state index in [0.29, 0.717) is 24.5 Å². The number of piperazine rings is 1. The Bertz CT molecular complexity index is 980. The first-order valence-electron chi connectivity index (χ1n) is 11.9. The maximum atomic E-state index is 13.0. The smallest absolute Gasteiger partial charge is 0.410 e. The molecule has 7 nitrogen and oxygen atoms in total. The second kappa shape index (κ2) is 9.09. The van der Waals surface area contributed by atoms with Crippen molar-refractivity contribution in [2.45, 2.75) is 57.8 Å². The summed E-state index contributed by atoms with van der Waals surface area (Å²) in [6.45, 7) is 8.08. The standard InChI is InChI=1S/C25H31F2N5O2/c1-17-12-31(23-28-10-20(11-29-23)22(26)27)13-18(2)32(17)24(33)34-21-8-25(9-21)15-30(16-25)14-19-6-4-3-5-7-19/h3-7,10-11,17-18,21-22H,8-9,12-16H2,1-2H3/t17-,18+. The molecule has 3 heterocycles. The van der Waals surface area contributed by atoms with E-state index in [1.165, 1.54) is 5.56 Å². The van der Waals surface area contributed by atoms with Crippen LogP contribution in [0.1, 0.15) is 44.2 Å². The van der Waals surface area contributed by atoms with E-state index in [9.17, 15) is 13.6 Å². The fourth-order valence-corrected chi connectivity index (χ4v) is 5.76. The van der Waals surface area contributed by atoms with Crippen LogP contribution in [0.25, 0.3) is 0 Å². The summed E-state index contributed by atoms with van der Waals surface area (Å²) < 4.78 is 31.4. The normalized spacial score (nSPS) is 24.7. The van der Waals surface area contributed by atoms with Crippen LogP contribution in [0.4, 0.5) is 19.5 Å². The van der Waals surface area contributed by atoms with Gasteiger partial charge in [0.1, 0.15) is 6.10 Å². The van der Waals surface area contributed by atoms with Gasteiger partial charge in [0.25, 0.3) is 6.43 Å². The number of alkyl halides is 2. The Balaban J connectivity index is 1.09. The third kappa shape index (κ3) is 4.58. The van der Waals surface area contributed by atoms with E-state index in [1.54, 1.807) is 4.90 Å². The van der Waals surface area contributed by atoms with Crippen LogP contribution >= 0.6 is 0 Å². The second-order valence-electron chi connectivity index (χ2n) is 10.2. The predicted molar refractivity (Wildman–Crippen MR) is 124 cm³/mol. The molecule has 0 N–H and O–H groups in total. The maximum Gasteiger partial charge on any atom is 0.410 e. The summed E-state index contributed by atoms with van der Waals surface area (Å²) in [6.07, 6.45) is 1.31. The molecule has 1 saturated carbocycles. The Kier molecular flexibility index (Phi) is 6.14. The van der Waals surface area contributed by atoms with E-state index >= 15 is 0 Å². The maximum absolute atomic E-state index is 13.0. The monoisotopic (exact) mass is 471 g/mol. The molecule has 2 atom stereocenters. The lowest BCUT2D eigenvalue weighted by atomic mass is 9.61. The number of halogens is 2. The SMILES string of the molecule is C[C@@H]1CN(c2ncc(C(F)F)cn2)C[C@H](C)N1C(=O)OC1CC2(C1)CN(Cc1ccccc1)C2. The van der Waals surface area contributed by atoms with Crippen LogP contribution in [-0.2, 0) is 11.3 Å². The minimum Gasteiger partial charge on any atom is -0.446 e. The number of nitrogens with zero attached hydrogens (tertiary/aromatic N) is 5. The Morgan fingerprint density at radius 2 is 1.71 bits per heavy atom. The van der Waals surface area contributed by atoms with E-state index in [-0.39, 0.29) is 29.8 Å². The highest BCUT2D eigenvalue weighted by molar-refractivity contribution is 5.69. The first-order valence-corrected chi connectivity index (χ1v) is 11.9. The van der Waals surface area contributed by atoms with Crippen molar-refractivity contribution < 1.29 is 18.3 Å². The van der Waals surface area contributed by atoms with Gasteiger partial charge in [-0.2, -0.15) is 0 Å². The van der Waals surface area contributed by atoms with Gasteiger partial charge in [0.2, 0.25) is 5.95 Å². The van der Waals surface area contributed by atoms with E-state index in [2.05, 4.69) is 39.1 Å². The van der Waals surface area contributed by atoms with Crippen LogP contribution in [0.5, 0.6) is 0 Å². The zero-order valence-corrected chi connectivity index (χ0v) is 19.6. The van der Waals surface area contributed by atoms with Crippen molar-refractivity contribution >= 4 is 12.0 Å². The van der Waals surface area contributed by atoms with Crippen molar-refractivity contribution in [1.29, 1.82) is 0 Å². The van der Waals surface area contributed by atoms with Gasteiger partial charge in [0.15, 0.2) is 0 Å². The van der Waals surface area contributed by atoms with Crippen LogP contribution in [0.3, 0.4) is 0 Å². The summed E-state index contributed by atoms with van der Waals surface area (Å²) in [5.74, 6) is 0.405. The fraction of sp³-hybridized carbons (Fsp3) is 0.560. The Labute approximate surface area is 198 Å². The minimum atomic E-state index is -2.59. The summed E-state index contributed by atoms with van der Waals surface area (Å²) in [5.41, 5.74) is 1.44. The first kappa shape index (κ1) is 23.0. The molecule has 2 aliphatic heterocycles. The van der Waals surface area contributed by atoms with Crippen LogP contribution in [0.2, 0.25) is 0 Å². The zero-order valence-electron chi connectivity index (χ0n) is 19.6. The molecular weight excluding hydrogens is 440 g/mol. The number of amides is 1. The summed E-state index contributed by atoms with van der Waals surface area (Å²) in [6, 6.07) is 10.3. The fourth-order valence-electron chi connectivity index (χ4n) is 5.76. The minimum absolute atomic E-state index is 0.0194. The number of ether oxygens (including phenoxy) is 1. The number of aromatic nitrogens is 2. The number of hydrogen-bond donors (Lipinski definition) is 0. The third-order valence-corrected chi connectivity index (χ3v) is 7.28. The summed E-state index contributed by atoms with van der Waals surface area (Å²) in [5, 5.41) is 0. The molecule has 5 rings (SSSR count). The van der Waals surface area contributed by atoms with Crippen LogP contribution in [-0.4, -0.2) is 70.2 Å². The molecule has 3 fully saturated rings. The predicted octanol–water partition coefficient (Wildman–Crippen LogP) is 4.11. The molecule has 2 aromatic rings. The average molecular weight is 472 g/mol. The number of carbonyl (C=O) groups is 1. The number of hydrogen-bond acceptors (Lipinski definition) is 6. The molecule has 0 radical (unpaired) electrons. The van der Waals surface area contributed by atoms with Crippen molar-refractivity contribution in [3.63, 3.8) is 0 Å². The lowest BCUT2D eigenvalue weighted by Crippen LogP contribution is -2.65. The Morgan fingerprint density at radius 3 is 2.29 bits per heavy atom. The van der Waals surface area contributed by atoms with Crippen LogP contribution in [0.15, 0.2) is 42.7 Å². The van der Waals surface area contributed by atoms with E-state index < -0.39 is 6.43 Å². The van der Waals surface area contributed by atoms with Gasteiger partial charge in [0, 0.05) is 50.5 Å². The Hall–Kier alpha value is -2.81. The summed E-state index contributed by atoms with van der Waals surface area (Å²) >= 11 is 0. The molecule has 34 heavy (non-hydrogen) atoms. The van der Waals surface area contributed by atoms with E-state index in [4.69, 9.17) is 4.74 Å². The number of anilines is 1. The molecule has 3 aliphatic rings. The van der Waals surface area contributed by atoms with Crippen molar-refractivity contribution in [2.75, 3.05) is 31.1 Å². The van der Waals surface area contributed by atoms with E-state index in [0.717, 1.165) is 44.9 Å². The largest absolute Gasteiger partial charge is 0.446 e. The van der Waals surface area contributed by atoms with Gasteiger partial charge in [0.05, 0.1) is 17.6 Å². The molecule has 182 valence electrons. The number of carbonyl (C=O) groups excluding carboxylic acids is 1. The van der Waals surface area contributed by atoms with Gasteiger partial charge in [-0.1, -0.05) is 30.3 Å². The van der Waals surface area contributed by atoms with Gasteiger partial charge >= 0.3 is 6.09 Å².